The maximum Gasteiger partial charge on any atom is 0.315 e. The highest BCUT2D eigenvalue weighted by Crippen LogP contribution is 2.34. The fourth-order valence-electron chi connectivity index (χ4n) is 3.09. The number of ether oxygens (including phenoxy) is 2. The number of nitro groups is 1. The minimum Gasteiger partial charge on any atom is -0.459 e. The number of carbonyl (C=O) groups excluding carboxylic acids is 2. The van der Waals surface area contributed by atoms with Crippen LogP contribution in [0.25, 0.3) is 0 Å². The van der Waals surface area contributed by atoms with Crippen LogP contribution in [-0.4, -0.2) is 55.6 Å². The van der Waals surface area contributed by atoms with Crippen molar-refractivity contribution >= 4 is 29.2 Å². The third-order valence-electron chi connectivity index (χ3n) is 4.71. The number of nitrogens with zero attached hydrogens (tertiary/aromatic N) is 2. The van der Waals surface area contributed by atoms with Gasteiger partial charge in [0.1, 0.15) is 18.9 Å². The van der Waals surface area contributed by atoms with Crippen molar-refractivity contribution in [2.45, 2.75) is 25.7 Å². The van der Waals surface area contributed by atoms with Crippen LogP contribution in [0, 0.1) is 22.0 Å². The van der Waals surface area contributed by atoms with Crippen LogP contribution in [0.15, 0.2) is 18.2 Å². The van der Waals surface area contributed by atoms with Crippen LogP contribution < -0.4 is 4.74 Å². The fraction of sp³-hybridized carbons (Fsp3) is 0.579. The molecule has 8 nitrogen and oxygen atoms in total. The van der Waals surface area contributed by atoms with Gasteiger partial charge in [0, 0.05) is 12.1 Å². The van der Waals surface area contributed by atoms with Gasteiger partial charge >= 0.3 is 11.9 Å². The number of non-ortho nitro benzene ring substituents is 1. The number of carbonyl (C=O) groups is 2. The summed E-state index contributed by atoms with van der Waals surface area (Å²) < 4.78 is 11.4. The number of hydrogen-bond donors (Lipinski definition) is 0. The van der Waals surface area contributed by atoms with Gasteiger partial charge in [-0.05, 0) is 18.9 Å². The first kappa shape index (κ1) is 22.1. The Hall–Kier alpha value is -2.19. The van der Waals surface area contributed by atoms with Crippen LogP contribution in [0.4, 0.5) is 5.69 Å². The van der Waals surface area contributed by atoms with Crippen molar-refractivity contribution < 1.29 is 28.5 Å². The molecule has 1 fully saturated rings. The molecule has 0 aliphatic heterocycles. The van der Waals surface area contributed by atoms with Crippen LogP contribution in [-0.2, 0) is 14.3 Å². The Labute approximate surface area is 169 Å². The van der Waals surface area contributed by atoms with Gasteiger partial charge < -0.3 is 14.0 Å². The summed E-state index contributed by atoms with van der Waals surface area (Å²) in [6.07, 6.45) is 2.75. The smallest absolute Gasteiger partial charge is 0.315 e. The van der Waals surface area contributed by atoms with Crippen LogP contribution in [0.3, 0.4) is 0 Å². The number of nitro benzene ring substituents is 1. The van der Waals surface area contributed by atoms with Crippen LogP contribution in [0.1, 0.15) is 25.7 Å². The van der Waals surface area contributed by atoms with E-state index in [9.17, 15) is 19.7 Å². The minimum absolute atomic E-state index is 0.0274. The Bertz CT molecular complexity index is 746. The second-order valence-corrected chi connectivity index (χ2v) is 8.38. The molecule has 0 bridgehead atoms. The molecule has 9 heteroatoms. The molecule has 0 amide bonds. The second-order valence-electron chi connectivity index (χ2n) is 7.97. The summed E-state index contributed by atoms with van der Waals surface area (Å²) in [5, 5.41) is 10.8. The van der Waals surface area contributed by atoms with E-state index in [-0.39, 0.29) is 29.0 Å². The highest BCUT2D eigenvalue weighted by Gasteiger charge is 2.38. The van der Waals surface area contributed by atoms with Gasteiger partial charge in [0.25, 0.3) is 5.69 Å². The van der Waals surface area contributed by atoms with E-state index in [1.807, 2.05) is 21.1 Å². The van der Waals surface area contributed by atoms with Crippen molar-refractivity contribution in [3.63, 3.8) is 0 Å². The molecule has 2 rings (SSSR count). The van der Waals surface area contributed by atoms with Gasteiger partial charge in [0.15, 0.2) is 0 Å². The largest absolute Gasteiger partial charge is 0.459 e. The maximum absolute atomic E-state index is 12.7. The number of halogens is 1. The molecule has 1 saturated carbocycles. The molecular weight excluding hydrogens is 388 g/mol. The Morgan fingerprint density at radius 1 is 1.18 bits per heavy atom. The highest BCUT2D eigenvalue weighted by atomic mass is 35.5. The average Bonchev–Trinajstić information content (AvgIpc) is 2.62. The first-order valence-corrected chi connectivity index (χ1v) is 9.59. The summed E-state index contributed by atoms with van der Waals surface area (Å²) in [6, 6.07) is 3.63. The number of quaternary nitrogens is 1. The lowest BCUT2D eigenvalue weighted by atomic mass is 9.79. The predicted molar refractivity (Wildman–Crippen MR) is 103 cm³/mol. The zero-order valence-corrected chi connectivity index (χ0v) is 17.1. The SMILES string of the molecule is C[N+](C)(C)CCOC(=O)C1CCCCC1C(=O)Oc1ccc([N+](=O)[O-])cc1Cl. The van der Waals surface area contributed by atoms with Crippen molar-refractivity contribution in [2.75, 3.05) is 34.3 Å². The number of likely N-dealkylation sites (N-methyl/N-ethyl adjacent to an activating group) is 1. The van der Waals surface area contributed by atoms with Crippen molar-refractivity contribution in [1.29, 1.82) is 0 Å². The van der Waals surface area contributed by atoms with Gasteiger partial charge in [-0.15, -0.1) is 0 Å². The summed E-state index contributed by atoms with van der Waals surface area (Å²) >= 11 is 5.99. The molecule has 1 aromatic rings. The normalized spacial score (nSPS) is 19.7. The van der Waals surface area contributed by atoms with Crippen molar-refractivity contribution in [3.8, 4) is 5.75 Å². The topological polar surface area (TPSA) is 95.7 Å². The zero-order valence-electron chi connectivity index (χ0n) is 16.4. The molecule has 0 radical (unpaired) electrons. The van der Waals surface area contributed by atoms with Crippen LogP contribution in [0.2, 0.25) is 5.02 Å². The molecule has 1 aliphatic carbocycles. The fourth-order valence-corrected chi connectivity index (χ4v) is 3.31. The van der Waals surface area contributed by atoms with Gasteiger partial charge in [0.2, 0.25) is 0 Å². The summed E-state index contributed by atoms with van der Waals surface area (Å²) in [5.41, 5.74) is -0.193. The van der Waals surface area contributed by atoms with E-state index >= 15 is 0 Å². The Balaban J connectivity index is 2.03. The van der Waals surface area contributed by atoms with Gasteiger partial charge in [-0.2, -0.15) is 0 Å². The van der Waals surface area contributed by atoms with E-state index in [1.165, 1.54) is 12.1 Å². The Morgan fingerprint density at radius 2 is 1.79 bits per heavy atom. The summed E-state index contributed by atoms with van der Waals surface area (Å²) in [6.45, 7) is 0.959. The van der Waals surface area contributed by atoms with Crippen molar-refractivity contribution in [3.05, 3.63) is 33.3 Å². The predicted octanol–water partition coefficient (Wildman–Crippen LogP) is 3.21. The van der Waals surface area contributed by atoms with E-state index in [0.717, 1.165) is 18.9 Å². The van der Waals surface area contributed by atoms with Gasteiger partial charge in [-0.3, -0.25) is 19.7 Å². The molecule has 0 saturated heterocycles. The number of esters is 2. The van der Waals surface area contributed by atoms with Gasteiger partial charge in [0.05, 0.1) is 42.9 Å². The summed E-state index contributed by atoms with van der Waals surface area (Å²) in [4.78, 5) is 35.4. The maximum atomic E-state index is 12.7. The molecule has 28 heavy (non-hydrogen) atoms. The monoisotopic (exact) mass is 413 g/mol. The Morgan fingerprint density at radius 3 is 2.32 bits per heavy atom. The number of hydrogen-bond acceptors (Lipinski definition) is 6. The molecule has 0 aromatic heterocycles. The molecule has 2 atom stereocenters. The van der Waals surface area contributed by atoms with E-state index in [2.05, 4.69) is 0 Å². The van der Waals surface area contributed by atoms with Crippen LogP contribution >= 0.6 is 11.6 Å². The third kappa shape index (κ3) is 6.17. The Kier molecular flexibility index (Phi) is 7.37. The molecule has 1 aromatic carbocycles. The van der Waals surface area contributed by atoms with E-state index in [1.54, 1.807) is 0 Å². The second kappa shape index (κ2) is 9.34. The lowest BCUT2D eigenvalue weighted by molar-refractivity contribution is -0.870. The van der Waals surface area contributed by atoms with E-state index < -0.39 is 22.7 Å². The minimum atomic E-state index is -0.614. The van der Waals surface area contributed by atoms with Crippen LogP contribution in [0.5, 0.6) is 5.75 Å². The zero-order chi connectivity index (χ0) is 20.9. The van der Waals surface area contributed by atoms with E-state index in [4.69, 9.17) is 21.1 Å². The first-order valence-electron chi connectivity index (χ1n) is 9.21. The average molecular weight is 414 g/mol. The lowest BCUT2D eigenvalue weighted by Gasteiger charge is -2.29. The standard InChI is InChI=1S/C19H26ClN2O6/c1-22(2,3)10-11-27-18(23)14-6-4-5-7-15(14)19(24)28-17-9-8-13(21(25)26)12-16(17)20/h8-9,12,14-15H,4-7,10-11H2,1-3H3/q+1. The molecular formula is C19H26ClN2O6+. The molecule has 0 heterocycles. The van der Waals surface area contributed by atoms with Gasteiger partial charge in [-0.25, -0.2) is 0 Å². The van der Waals surface area contributed by atoms with Crippen molar-refractivity contribution in [2.24, 2.45) is 11.8 Å². The van der Waals surface area contributed by atoms with E-state index in [0.29, 0.717) is 23.9 Å². The quantitative estimate of drug-likeness (QED) is 0.224. The number of rotatable bonds is 7. The van der Waals surface area contributed by atoms with Crippen molar-refractivity contribution in [1.82, 2.24) is 0 Å². The molecule has 154 valence electrons. The molecule has 0 spiro atoms. The molecule has 0 N–H and O–H groups in total. The summed E-state index contributed by atoms with van der Waals surface area (Å²) in [5.74, 6) is -2.07. The number of benzene rings is 1. The molecule has 2 unspecified atom stereocenters. The highest BCUT2D eigenvalue weighted by molar-refractivity contribution is 6.32. The lowest BCUT2D eigenvalue weighted by Crippen LogP contribution is -2.40. The van der Waals surface area contributed by atoms with Gasteiger partial charge in [-0.1, -0.05) is 24.4 Å². The summed E-state index contributed by atoms with van der Waals surface area (Å²) in [7, 11) is 6.01. The third-order valence-corrected chi connectivity index (χ3v) is 5.01. The first-order chi connectivity index (χ1) is 13.1. The molecule has 1 aliphatic rings.